The van der Waals surface area contributed by atoms with Crippen LogP contribution in [0.25, 0.3) is 55.0 Å². The minimum atomic E-state index is -3.40. The molecule has 0 spiro atoms. The molecule has 74 heavy (non-hydrogen) atoms. The van der Waals surface area contributed by atoms with Crippen molar-refractivity contribution in [2.75, 3.05) is 4.90 Å². The van der Waals surface area contributed by atoms with Crippen molar-refractivity contribution in [3.63, 3.8) is 0 Å². The number of benzene rings is 11. The zero-order chi connectivity index (χ0) is 48.0. The number of para-hydroxylation sites is 6. The second-order valence-electron chi connectivity index (χ2n) is 20.6. The van der Waals surface area contributed by atoms with Crippen LogP contribution < -0.4 is 67.9 Å². The van der Waals surface area contributed by atoms with E-state index in [2.05, 4.69) is 251 Å². The number of nitrogens with zero attached hydrogens (tertiary/aromatic N) is 3. The summed E-state index contributed by atoms with van der Waals surface area (Å²) in [6.45, 7) is -0.270. The van der Waals surface area contributed by atoms with Crippen LogP contribution in [0.3, 0.4) is 0 Å². The fourth-order valence-electron chi connectivity index (χ4n) is 14.5. The first-order valence-electron chi connectivity index (χ1n) is 25.7. The van der Waals surface area contributed by atoms with Crippen LogP contribution in [0.4, 0.5) is 17.1 Å². The van der Waals surface area contributed by atoms with Crippen molar-refractivity contribution in [1.82, 2.24) is 9.13 Å². The number of hydrogen-bond donors (Lipinski definition) is 0. The quantitative estimate of drug-likeness (QED) is 0.165. The highest BCUT2D eigenvalue weighted by Crippen LogP contribution is 2.48. The first-order valence-corrected chi connectivity index (χ1v) is 27.7. The van der Waals surface area contributed by atoms with Crippen LogP contribution in [-0.4, -0.2) is 30.6 Å². The number of rotatable bonds is 4. The van der Waals surface area contributed by atoms with E-state index in [0.29, 0.717) is 0 Å². The molecule has 340 valence electrons. The Hall–Kier alpha value is -9.23. The summed E-state index contributed by atoms with van der Waals surface area (Å²) < 4.78 is 19.4. The Balaban J connectivity index is 1.09. The molecule has 5 aliphatic heterocycles. The maximum Gasteiger partial charge on any atom is 0.256 e. The topological polar surface area (TPSA) is 31.6 Å². The standard InChI is InChI=1S/C66H39B2N3O2Si/c1-3-19-42(20-4-1)74(43-21-5-2-6-22-43)60-37-40(69-52-29-13-7-23-44(52)45-24-8-14-30-53(45)69)35-50-64(60)71-65-51(36-41(38-61(65)74)70-54-31-15-9-25-46(54)47-26-10-16-32-55(47)70)68-49-28-12-18-34-57(49)73-59-39-58-62(66(71)63(59)68)67(50)48-27-11-17-33-56(48)72-58/h1-39H. The van der Waals surface area contributed by atoms with Crippen LogP contribution in [0.5, 0.6) is 23.0 Å². The van der Waals surface area contributed by atoms with Crippen molar-refractivity contribution in [2.24, 2.45) is 0 Å². The molecular weight excluding hydrogens is 916 g/mol. The molecule has 0 saturated carbocycles. The minimum Gasteiger partial charge on any atom is -0.458 e. The van der Waals surface area contributed by atoms with Crippen LogP contribution in [-0.2, 0) is 0 Å². The SMILES string of the molecule is c1ccc([Si]2(c3ccccc3)c3cc(-n4c5ccccc5c5ccccc54)cc4c3N3c5c(cc(-n6c7ccccc7c7ccccc76)cc52)B2c5ccccc5Oc5cc6c(c3c52)B4c2ccccc2O6)cc1. The minimum absolute atomic E-state index is 0.135. The summed E-state index contributed by atoms with van der Waals surface area (Å²) in [5.41, 5.74) is 18.1. The van der Waals surface area contributed by atoms with E-state index in [1.165, 1.54) is 114 Å². The third kappa shape index (κ3) is 4.74. The lowest BCUT2D eigenvalue weighted by Gasteiger charge is -2.54. The summed E-state index contributed by atoms with van der Waals surface area (Å²) in [4.78, 5) is 2.71. The summed E-state index contributed by atoms with van der Waals surface area (Å²) in [5.74, 6) is 3.46. The Labute approximate surface area is 427 Å². The van der Waals surface area contributed by atoms with Gasteiger partial charge in [-0.3, -0.25) is 0 Å². The predicted molar refractivity (Wildman–Crippen MR) is 309 cm³/mol. The van der Waals surface area contributed by atoms with Gasteiger partial charge in [0.1, 0.15) is 23.0 Å². The van der Waals surface area contributed by atoms with Gasteiger partial charge in [0.2, 0.25) is 0 Å². The zero-order valence-electron chi connectivity index (χ0n) is 39.8. The molecule has 0 atom stereocenters. The van der Waals surface area contributed by atoms with Gasteiger partial charge in [-0.05, 0) is 114 Å². The van der Waals surface area contributed by atoms with Crippen LogP contribution >= 0.6 is 0 Å². The Morgan fingerprint density at radius 1 is 0.311 bits per heavy atom. The van der Waals surface area contributed by atoms with Crippen LogP contribution in [0.1, 0.15) is 0 Å². The van der Waals surface area contributed by atoms with Gasteiger partial charge in [-0.15, -0.1) is 0 Å². The summed E-state index contributed by atoms with van der Waals surface area (Å²) in [7, 11) is -3.40. The summed E-state index contributed by atoms with van der Waals surface area (Å²) in [5, 5.41) is 10.4. The average molecular weight is 956 g/mol. The molecule has 18 rings (SSSR count). The van der Waals surface area contributed by atoms with Crippen molar-refractivity contribution in [1.29, 1.82) is 0 Å². The summed E-state index contributed by atoms with van der Waals surface area (Å²) in [6, 6.07) is 88.9. The molecule has 7 heterocycles. The van der Waals surface area contributed by atoms with E-state index in [1.807, 2.05) is 0 Å². The van der Waals surface area contributed by atoms with Gasteiger partial charge in [0.15, 0.2) is 8.07 Å². The van der Waals surface area contributed by atoms with Crippen molar-refractivity contribution in [3.05, 3.63) is 237 Å². The maximum atomic E-state index is 7.17. The van der Waals surface area contributed by atoms with E-state index < -0.39 is 8.07 Å². The number of hydrogen-bond acceptors (Lipinski definition) is 3. The van der Waals surface area contributed by atoms with E-state index in [9.17, 15) is 0 Å². The molecule has 0 aliphatic carbocycles. The van der Waals surface area contributed by atoms with Gasteiger partial charge >= 0.3 is 0 Å². The van der Waals surface area contributed by atoms with Crippen molar-refractivity contribution < 1.29 is 9.47 Å². The molecule has 0 fully saturated rings. The highest BCUT2D eigenvalue weighted by molar-refractivity contribution is 7.22. The Morgan fingerprint density at radius 2 is 0.676 bits per heavy atom. The van der Waals surface area contributed by atoms with E-state index in [1.54, 1.807) is 0 Å². The second-order valence-corrected chi connectivity index (χ2v) is 24.3. The van der Waals surface area contributed by atoms with Gasteiger partial charge in [-0.25, -0.2) is 0 Å². The summed E-state index contributed by atoms with van der Waals surface area (Å²) in [6.07, 6.45) is 0. The van der Waals surface area contributed by atoms with Crippen molar-refractivity contribution in [3.8, 4) is 34.4 Å². The third-order valence-electron chi connectivity index (χ3n) is 17.2. The number of anilines is 3. The molecule has 11 aromatic carbocycles. The van der Waals surface area contributed by atoms with Gasteiger partial charge in [0.05, 0.1) is 22.1 Å². The van der Waals surface area contributed by atoms with Crippen LogP contribution in [0.2, 0.25) is 0 Å². The lowest BCUT2D eigenvalue weighted by molar-refractivity contribution is 0.465. The molecule has 0 N–H and O–H groups in total. The maximum absolute atomic E-state index is 7.17. The molecule has 8 heteroatoms. The lowest BCUT2D eigenvalue weighted by Crippen LogP contribution is -2.81. The largest absolute Gasteiger partial charge is 0.458 e. The van der Waals surface area contributed by atoms with Gasteiger partial charge in [0, 0.05) is 56.0 Å². The highest BCUT2D eigenvalue weighted by Gasteiger charge is 2.58. The fourth-order valence-corrected chi connectivity index (χ4v) is 19.7. The monoisotopic (exact) mass is 955 g/mol. The van der Waals surface area contributed by atoms with E-state index in [4.69, 9.17) is 9.47 Å². The number of fused-ring (bicyclic) bond motifs is 12. The van der Waals surface area contributed by atoms with Crippen molar-refractivity contribution >= 4 is 136 Å². The zero-order valence-corrected chi connectivity index (χ0v) is 40.8. The molecule has 0 bridgehead atoms. The second kappa shape index (κ2) is 14.0. The van der Waals surface area contributed by atoms with E-state index in [-0.39, 0.29) is 13.4 Å². The molecule has 0 unspecified atom stereocenters. The van der Waals surface area contributed by atoms with Crippen LogP contribution in [0, 0.1) is 0 Å². The average Bonchev–Trinajstić information content (AvgIpc) is 4.05. The summed E-state index contributed by atoms with van der Waals surface area (Å²) >= 11 is 0. The van der Waals surface area contributed by atoms with Gasteiger partial charge in [0.25, 0.3) is 13.4 Å². The molecule has 5 aliphatic rings. The molecule has 0 amide bonds. The Kier molecular flexibility index (Phi) is 7.47. The third-order valence-corrected chi connectivity index (χ3v) is 22.0. The normalized spacial score (nSPS) is 14.5. The first kappa shape index (κ1) is 39.4. The molecule has 0 radical (unpaired) electrons. The van der Waals surface area contributed by atoms with Crippen molar-refractivity contribution in [2.45, 2.75) is 0 Å². The lowest BCUT2D eigenvalue weighted by atomic mass is 9.29. The Bertz CT molecular complexity index is 4260. The van der Waals surface area contributed by atoms with E-state index >= 15 is 0 Å². The smallest absolute Gasteiger partial charge is 0.256 e. The fraction of sp³-hybridized carbons (Fsp3) is 0. The molecule has 0 saturated heterocycles. The molecule has 5 nitrogen and oxygen atoms in total. The van der Waals surface area contributed by atoms with Crippen LogP contribution in [0.15, 0.2) is 237 Å². The molecule has 2 aromatic heterocycles. The predicted octanol–water partition coefficient (Wildman–Crippen LogP) is 8.91. The molecular formula is C66H39B2N3O2Si. The number of ether oxygens (including phenoxy) is 2. The van der Waals surface area contributed by atoms with E-state index in [0.717, 1.165) is 34.4 Å². The van der Waals surface area contributed by atoms with Gasteiger partial charge < -0.3 is 23.5 Å². The van der Waals surface area contributed by atoms with Gasteiger partial charge in [-0.1, -0.05) is 170 Å². The Morgan fingerprint density at radius 3 is 1.09 bits per heavy atom. The number of aromatic nitrogens is 2. The first-order chi connectivity index (χ1) is 36.7. The highest BCUT2D eigenvalue weighted by atomic mass is 28.3. The van der Waals surface area contributed by atoms with Gasteiger partial charge in [-0.2, -0.15) is 0 Å². The molecule has 13 aromatic rings.